The highest BCUT2D eigenvalue weighted by atomic mass is 35.5. The maximum atomic E-state index is 14.7. The number of tetrazole rings is 1. The van der Waals surface area contributed by atoms with Gasteiger partial charge in [0.25, 0.3) is 0 Å². The summed E-state index contributed by atoms with van der Waals surface area (Å²) in [6.07, 6.45) is 10.4. The lowest BCUT2D eigenvalue weighted by Gasteiger charge is -2.39. The summed E-state index contributed by atoms with van der Waals surface area (Å²) < 4.78 is 16.0. The number of alkyl halides is 1. The van der Waals surface area contributed by atoms with Crippen LogP contribution in [0.4, 0.5) is 10.1 Å². The molecule has 5 unspecified atom stereocenters. The van der Waals surface area contributed by atoms with Crippen molar-refractivity contribution in [3.63, 3.8) is 0 Å². The van der Waals surface area contributed by atoms with Gasteiger partial charge in [0.15, 0.2) is 0 Å². The number of anilines is 1. The summed E-state index contributed by atoms with van der Waals surface area (Å²) >= 11 is 6.36. The van der Waals surface area contributed by atoms with Crippen molar-refractivity contribution in [1.29, 1.82) is 0 Å². The number of halogens is 2. The molecule has 14 heteroatoms. The van der Waals surface area contributed by atoms with Gasteiger partial charge in [0.05, 0.1) is 17.0 Å². The third kappa shape index (κ3) is 6.34. The number of carboxylic acids is 1. The molecule has 12 nitrogen and oxygen atoms in total. The molecule has 3 heterocycles. The summed E-state index contributed by atoms with van der Waals surface area (Å²) in [6, 6.07) is 4.63. The standard InChI is InChI=1S/C32H36ClFN8O4/c1-19-22(27(17-25(34)29(19)33)42-18-36-38-39-42)9-10-28(43)41-14-11-23-24(3-2-4-26(23)40-15-12-35-13-16-40)30(41)31(44)37-21-7-5-20(6-8-21)32(45)46/h2-5,7,9-10,17-21,29-30,35H,6,8,11-16H2,1H3,(H,37,44)(H,45,46)/b10-9+. The minimum Gasteiger partial charge on any atom is -0.481 e. The Morgan fingerprint density at radius 3 is 2.65 bits per heavy atom. The molecule has 2 amide bonds. The van der Waals surface area contributed by atoms with Crippen LogP contribution < -0.4 is 15.5 Å². The van der Waals surface area contributed by atoms with Gasteiger partial charge in [-0.1, -0.05) is 37.3 Å². The number of piperazine rings is 1. The first-order chi connectivity index (χ1) is 22.2. The van der Waals surface area contributed by atoms with E-state index in [0.29, 0.717) is 37.1 Å². The Morgan fingerprint density at radius 1 is 1.15 bits per heavy atom. The number of benzene rings is 1. The fourth-order valence-electron chi connectivity index (χ4n) is 6.67. The van der Waals surface area contributed by atoms with Crippen LogP contribution in [0.3, 0.4) is 0 Å². The molecule has 6 rings (SSSR count). The minimum absolute atomic E-state index is 0.306. The van der Waals surface area contributed by atoms with Crippen molar-refractivity contribution < 1.29 is 23.9 Å². The first-order valence-corrected chi connectivity index (χ1v) is 15.9. The Morgan fingerprint density at radius 2 is 1.96 bits per heavy atom. The van der Waals surface area contributed by atoms with Crippen LogP contribution in [0.5, 0.6) is 0 Å². The topological polar surface area (TPSA) is 146 Å². The number of rotatable bonds is 7. The van der Waals surface area contributed by atoms with Crippen molar-refractivity contribution in [2.75, 3.05) is 37.6 Å². The van der Waals surface area contributed by atoms with Crippen LogP contribution in [-0.2, 0) is 20.8 Å². The second-order valence-electron chi connectivity index (χ2n) is 11.9. The van der Waals surface area contributed by atoms with Gasteiger partial charge < -0.3 is 25.5 Å². The number of nitrogens with zero attached hydrogens (tertiary/aromatic N) is 6. The van der Waals surface area contributed by atoms with Crippen LogP contribution in [0.15, 0.2) is 66.3 Å². The second kappa shape index (κ2) is 13.6. The maximum absolute atomic E-state index is 14.7. The number of amides is 2. The average Bonchev–Trinajstić information content (AvgIpc) is 3.61. The van der Waals surface area contributed by atoms with Gasteiger partial charge in [0.2, 0.25) is 11.8 Å². The number of hydrogen-bond donors (Lipinski definition) is 3. The van der Waals surface area contributed by atoms with Crippen LogP contribution in [0, 0.1) is 11.8 Å². The van der Waals surface area contributed by atoms with Gasteiger partial charge in [-0.15, -0.1) is 16.7 Å². The maximum Gasteiger partial charge on any atom is 0.310 e. The molecule has 2 aliphatic heterocycles. The molecule has 1 saturated heterocycles. The summed E-state index contributed by atoms with van der Waals surface area (Å²) in [7, 11) is 0. The lowest BCUT2D eigenvalue weighted by Crippen LogP contribution is -2.50. The zero-order chi connectivity index (χ0) is 32.4. The average molecular weight is 651 g/mol. The third-order valence-corrected chi connectivity index (χ3v) is 9.75. The second-order valence-corrected chi connectivity index (χ2v) is 12.4. The van der Waals surface area contributed by atoms with Crippen LogP contribution >= 0.6 is 11.6 Å². The summed E-state index contributed by atoms with van der Waals surface area (Å²) in [4.78, 5) is 43.4. The SMILES string of the molecule is CC1C(/C=C/C(=O)N2CCc3c(cccc3N3CCNCC3)C2C(=O)NC2C=CC(C(=O)O)CC2)=C(n2cnnn2)C=C(F)C1Cl. The minimum atomic E-state index is -0.928. The molecule has 2 aromatic rings. The number of aromatic nitrogens is 4. The van der Waals surface area contributed by atoms with E-state index in [1.165, 1.54) is 23.2 Å². The highest BCUT2D eigenvalue weighted by Crippen LogP contribution is 2.38. The van der Waals surface area contributed by atoms with E-state index in [1.807, 2.05) is 12.1 Å². The zero-order valence-electron chi connectivity index (χ0n) is 25.4. The van der Waals surface area contributed by atoms with Crippen molar-refractivity contribution in [3.05, 3.63) is 77.4 Å². The van der Waals surface area contributed by atoms with Crippen molar-refractivity contribution in [2.24, 2.45) is 11.8 Å². The Kier molecular flexibility index (Phi) is 9.32. The van der Waals surface area contributed by atoms with E-state index >= 15 is 0 Å². The van der Waals surface area contributed by atoms with Crippen molar-refractivity contribution in [3.8, 4) is 0 Å². The molecular formula is C32H36ClFN8O4. The molecule has 0 radical (unpaired) electrons. The number of hydrogen-bond acceptors (Lipinski definition) is 8. The molecule has 0 saturated carbocycles. The number of carboxylic acid groups (broad SMARTS) is 1. The third-order valence-electron chi connectivity index (χ3n) is 9.16. The van der Waals surface area contributed by atoms with Gasteiger partial charge in [0.1, 0.15) is 18.2 Å². The molecule has 1 fully saturated rings. The first-order valence-electron chi connectivity index (χ1n) is 15.5. The smallest absolute Gasteiger partial charge is 0.310 e. The van der Waals surface area contributed by atoms with Crippen LogP contribution in [-0.4, -0.2) is 92.1 Å². The van der Waals surface area contributed by atoms with Gasteiger partial charge in [0, 0.05) is 56.4 Å². The summed E-state index contributed by atoms with van der Waals surface area (Å²) in [5.41, 5.74) is 3.80. The number of carbonyl (C=O) groups is 3. The number of fused-ring (bicyclic) bond motifs is 1. The molecule has 242 valence electrons. The molecule has 1 aromatic carbocycles. The van der Waals surface area contributed by atoms with Gasteiger partial charge >= 0.3 is 5.97 Å². The molecular weight excluding hydrogens is 615 g/mol. The number of allylic oxidation sites excluding steroid dienone is 5. The largest absolute Gasteiger partial charge is 0.481 e. The fraction of sp³-hybridized carbons (Fsp3) is 0.438. The summed E-state index contributed by atoms with van der Waals surface area (Å²) in [5, 5.41) is 26.1. The molecule has 4 aliphatic rings. The predicted octanol–water partition coefficient (Wildman–Crippen LogP) is 2.62. The summed E-state index contributed by atoms with van der Waals surface area (Å²) in [5.74, 6) is -3.23. The van der Waals surface area contributed by atoms with Gasteiger partial charge in [-0.25, -0.2) is 9.07 Å². The number of nitrogens with one attached hydrogen (secondary N) is 2. The molecule has 2 aliphatic carbocycles. The Hall–Kier alpha value is -4.36. The van der Waals surface area contributed by atoms with Gasteiger partial charge in [-0.2, -0.15) is 0 Å². The van der Waals surface area contributed by atoms with E-state index < -0.39 is 35.1 Å². The molecule has 0 spiro atoms. The van der Waals surface area contributed by atoms with Crippen LogP contribution in [0.1, 0.15) is 36.9 Å². The van der Waals surface area contributed by atoms with Gasteiger partial charge in [-0.3, -0.25) is 14.4 Å². The molecule has 5 atom stereocenters. The Bertz CT molecular complexity index is 1620. The highest BCUT2D eigenvalue weighted by molar-refractivity contribution is 6.23. The van der Waals surface area contributed by atoms with E-state index in [2.05, 4.69) is 37.1 Å². The predicted molar refractivity (Wildman–Crippen MR) is 169 cm³/mol. The molecule has 3 N–H and O–H groups in total. The lowest BCUT2D eigenvalue weighted by atomic mass is 9.88. The summed E-state index contributed by atoms with van der Waals surface area (Å²) in [6.45, 7) is 5.46. The van der Waals surface area contributed by atoms with Crippen LogP contribution in [0.2, 0.25) is 0 Å². The van der Waals surface area contributed by atoms with E-state index in [4.69, 9.17) is 11.6 Å². The van der Waals surface area contributed by atoms with E-state index in [9.17, 15) is 23.9 Å². The zero-order valence-corrected chi connectivity index (χ0v) is 26.1. The molecule has 0 bridgehead atoms. The monoisotopic (exact) mass is 650 g/mol. The Labute approximate surface area is 270 Å². The fourth-order valence-corrected chi connectivity index (χ4v) is 6.87. The van der Waals surface area contributed by atoms with Crippen LogP contribution in [0.25, 0.3) is 5.70 Å². The Balaban J connectivity index is 1.33. The first kappa shape index (κ1) is 31.6. The molecule has 46 heavy (non-hydrogen) atoms. The normalized spacial score (nSPS) is 26.6. The number of aliphatic carboxylic acids is 1. The van der Waals surface area contributed by atoms with Crippen molar-refractivity contribution >= 4 is 40.8 Å². The quantitative estimate of drug-likeness (QED) is 0.234. The van der Waals surface area contributed by atoms with E-state index in [-0.39, 0.29) is 17.9 Å². The van der Waals surface area contributed by atoms with Crippen molar-refractivity contribution in [1.82, 2.24) is 35.7 Å². The lowest BCUT2D eigenvalue weighted by molar-refractivity contribution is -0.140. The number of carbonyl (C=O) groups excluding carboxylic acids is 2. The van der Waals surface area contributed by atoms with Crippen molar-refractivity contribution in [2.45, 2.75) is 43.6 Å². The highest BCUT2D eigenvalue weighted by Gasteiger charge is 2.38. The van der Waals surface area contributed by atoms with E-state index in [0.717, 1.165) is 43.0 Å². The van der Waals surface area contributed by atoms with E-state index in [1.54, 1.807) is 30.1 Å². The molecule has 1 aromatic heterocycles. The van der Waals surface area contributed by atoms with Gasteiger partial charge in [-0.05, 0) is 58.5 Å².